The molecule has 5 nitrogen and oxygen atoms in total. The molecule has 0 amide bonds. The van der Waals surface area contributed by atoms with Crippen molar-refractivity contribution in [1.29, 1.82) is 0 Å². The maximum absolute atomic E-state index is 12.0. The smallest absolute Gasteiger partial charge is 0.164 e. The fourth-order valence-corrected chi connectivity index (χ4v) is 4.16. The van der Waals surface area contributed by atoms with E-state index in [1.54, 1.807) is 26.5 Å². The molecule has 0 radical (unpaired) electrons. The van der Waals surface area contributed by atoms with Crippen LogP contribution < -0.4 is 14.2 Å². The summed E-state index contributed by atoms with van der Waals surface area (Å²) in [6, 6.07) is 12.0. The van der Waals surface area contributed by atoms with Crippen LogP contribution in [0.15, 0.2) is 42.7 Å². The Morgan fingerprint density at radius 2 is 1.72 bits per heavy atom. The second-order valence-corrected chi connectivity index (χ2v) is 7.58. The Bertz CT molecular complexity index is 898. The topological polar surface area (TPSA) is 48.0 Å². The van der Waals surface area contributed by atoms with Crippen LogP contribution in [0.25, 0.3) is 5.57 Å². The molecule has 29 heavy (non-hydrogen) atoms. The summed E-state index contributed by atoms with van der Waals surface area (Å²) in [4.78, 5) is 14.5. The Hall–Kier alpha value is -2.79. The molecular weight excluding hydrogens is 366 g/mol. The summed E-state index contributed by atoms with van der Waals surface area (Å²) < 4.78 is 16.6. The summed E-state index contributed by atoms with van der Waals surface area (Å²) in [6.07, 6.45) is 6.55. The molecule has 2 heterocycles. The van der Waals surface area contributed by atoms with E-state index < -0.39 is 5.92 Å². The number of hydrogen-bond acceptors (Lipinski definition) is 5. The summed E-state index contributed by atoms with van der Waals surface area (Å²) >= 11 is 0. The van der Waals surface area contributed by atoms with Gasteiger partial charge in [-0.15, -0.1) is 0 Å². The van der Waals surface area contributed by atoms with Crippen LogP contribution >= 0.6 is 0 Å². The molecule has 5 heteroatoms. The first kappa shape index (κ1) is 19.5. The van der Waals surface area contributed by atoms with Gasteiger partial charge in [-0.25, -0.2) is 0 Å². The monoisotopic (exact) mass is 393 g/mol. The number of likely N-dealkylation sites (tertiary alicyclic amines) is 1. The third-order valence-corrected chi connectivity index (χ3v) is 5.78. The van der Waals surface area contributed by atoms with Crippen molar-refractivity contribution in [2.24, 2.45) is 0 Å². The molecule has 0 spiro atoms. The molecule has 0 aromatic heterocycles. The Morgan fingerprint density at radius 3 is 2.38 bits per heavy atom. The van der Waals surface area contributed by atoms with Crippen LogP contribution in [-0.4, -0.2) is 38.5 Å². The number of carbonyl (C=O) groups is 1. The van der Waals surface area contributed by atoms with E-state index in [9.17, 15) is 4.79 Å². The van der Waals surface area contributed by atoms with Crippen molar-refractivity contribution in [3.63, 3.8) is 0 Å². The molecule has 1 unspecified atom stereocenters. The fraction of sp³-hybridized carbons (Fsp3) is 0.375. The van der Waals surface area contributed by atoms with Crippen molar-refractivity contribution in [2.75, 3.05) is 27.3 Å². The number of carbonyl (C=O) groups excluding carboxylic acids is 1. The highest BCUT2D eigenvalue weighted by molar-refractivity contribution is 5.89. The molecule has 0 N–H and O–H groups in total. The van der Waals surface area contributed by atoms with Gasteiger partial charge in [0, 0.05) is 23.7 Å². The molecule has 2 aliphatic rings. The first-order valence-electron chi connectivity index (χ1n) is 10.1. The van der Waals surface area contributed by atoms with E-state index in [1.165, 1.54) is 37.9 Å². The number of allylic oxidation sites excluding steroid dienone is 1. The standard InChI is InChI=1S/C24H27NO4/c1-27-23-12-19-20(15-26)21(16-29-22(19)13-24(23)28-2)18-8-6-17(7-9-18)14-25-10-4-3-5-11-25/h6-9,12-13,15-16,20H,3-5,10-11,14H2,1-2H3. The maximum Gasteiger partial charge on any atom is 0.164 e. The van der Waals surface area contributed by atoms with E-state index in [0.717, 1.165) is 29.5 Å². The van der Waals surface area contributed by atoms with Crippen molar-refractivity contribution < 1.29 is 19.0 Å². The lowest BCUT2D eigenvalue weighted by molar-refractivity contribution is -0.108. The largest absolute Gasteiger partial charge is 0.493 e. The van der Waals surface area contributed by atoms with Gasteiger partial charge in [0.2, 0.25) is 0 Å². The minimum absolute atomic E-state index is 0.411. The van der Waals surface area contributed by atoms with E-state index in [1.807, 2.05) is 6.07 Å². The Kier molecular flexibility index (Phi) is 5.86. The predicted molar refractivity (Wildman–Crippen MR) is 113 cm³/mol. The number of methoxy groups -OCH3 is 2. The van der Waals surface area contributed by atoms with Gasteiger partial charge in [0.1, 0.15) is 12.0 Å². The lowest BCUT2D eigenvalue weighted by Crippen LogP contribution is -2.29. The molecule has 4 rings (SSSR count). The number of rotatable bonds is 6. The molecule has 1 atom stereocenters. The van der Waals surface area contributed by atoms with Crippen LogP contribution in [0.4, 0.5) is 0 Å². The fourth-order valence-electron chi connectivity index (χ4n) is 4.16. The van der Waals surface area contributed by atoms with E-state index in [-0.39, 0.29) is 0 Å². The second kappa shape index (κ2) is 8.70. The third kappa shape index (κ3) is 4.01. The van der Waals surface area contributed by atoms with E-state index in [0.29, 0.717) is 17.2 Å². The van der Waals surface area contributed by atoms with E-state index in [4.69, 9.17) is 14.2 Å². The number of nitrogens with zero attached hydrogens (tertiary/aromatic N) is 1. The number of piperidine rings is 1. The molecule has 1 saturated heterocycles. The Morgan fingerprint density at radius 1 is 1.03 bits per heavy atom. The van der Waals surface area contributed by atoms with Crippen molar-refractivity contribution in [2.45, 2.75) is 31.7 Å². The van der Waals surface area contributed by atoms with Gasteiger partial charge in [0.25, 0.3) is 0 Å². The normalized spacial score (nSPS) is 19.0. The minimum Gasteiger partial charge on any atom is -0.493 e. The van der Waals surface area contributed by atoms with Gasteiger partial charge in [-0.2, -0.15) is 0 Å². The molecule has 2 aliphatic heterocycles. The lowest BCUT2D eigenvalue weighted by Gasteiger charge is -2.27. The summed E-state index contributed by atoms with van der Waals surface area (Å²) in [5, 5.41) is 0. The molecular formula is C24H27NO4. The van der Waals surface area contributed by atoms with E-state index in [2.05, 4.69) is 29.2 Å². The third-order valence-electron chi connectivity index (χ3n) is 5.78. The number of benzene rings is 2. The average Bonchev–Trinajstić information content (AvgIpc) is 2.78. The van der Waals surface area contributed by atoms with Crippen molar-refractivity contribution in [1.82, 2.24) is 4.90 Å². The summed E-state index contributed by atoms with van der Waals surface area (Å²) in [6.45, 7) is 3.33. The Labute approximate surface area is 171 Å². The molecule has 0 aliphatic carbocycles. The molecule has 0 saturated carbocycles. The molecule has 2 aromatic carbocycles. The Balaban J connectivity index is 1.57. The predicted octanol–water partition coefficient (Wildman–Crippen LogP) is 4.41. The molecule has 2 aromatic rings. The second-order valence-electron chi connectivity index (χ2n) is 7.58. The van der Waals surface area contributed by atoms with Gasteiger partial charge >= 0.3 is 0 Å². The molecule has 152 valence electrons. The zero-order valence-electron chi connectivity index (χ0n) is 17.0. The first-order chi connectivity index (χ1) is 14.2. The van der Waals surface area contributed by atoms with E-state index >= 15 is 0 Å². The SMILES string of the molecule is COc1cc2c(cc1OC)C(C=O)C(c1ccc(CN3CCCCC3)cc1)=CO2. The highest BCUT2D eigenvalue weighted by atomic mass is 16.5. The van der Waals surface area contributed by atoms with Crippen LogP contribution in [0.3, 0.4) is 0 Å². The highest BCUT2D eigenvalue weighted by Crippen LogP contribution is 2.44. The van der Waals surface area contributed by atoms with Crippen molar-refractivity contribution in [3.05, 3.63) is 59.4 Å². The van der Waals surface area contributed by atoms with Crippen molar-refractivity contribution in [3.8, 4) is 17.2 Å². The lowest BCUT2D eigenvalue weighted by atomic mass is 9.86. The first-order valence-corrected chi connectivity index (χ1v) is 10.1. The van der Waals surface area contributed by atoms with Gasteiger partial charge in [-0.1, -0.05) is 30.7 Å². The summed E-state index contributed by atoms with van der Waals surface area (Å²) in [5.74, 6) is 1.37. The van der Waals surface area contributed by atoms with Gasteiger partial charge in [-0.3, -0.25) is 4.90 Å². The van der Waals surface area contributed by atoms with Gasteiger partial charge < -0.3 is 19.0 Å². The number of fused-ring (bicyclic) bond motifs is 1. The van der Waals surface area contributed by atoms with Crippen LogP contribution in [0, 0.1) is 0 Å². The zero-order chi connectivity index (χ0) is 20.2. The molecule has 1 fully saturated rings. The van der Waals surface area contributed by atoms with Gasteiger partial charge in [0.15, 0.2) is 11.5 Å². The summed E-state index contributed by atoms with van der Waals surface area (Å²) in [5.41, 5.74) is 3.92. The quantitative estimate of drug-likeness (QED) is 0.681. The number of hydrogen-bond donors (Lipinski definition) is 0. The molecule has 0 bridgehead atoms. The zero-order valence-corrected chi connectivity index (χ0v) is 17.0. The maximum atomic E-state index is 12.0. The summed E-state index contributed by atoms with van der Waals surface area (Å²) in [7, 11) is 3.17. The van der Waals surface area contributed by atoms with Crippen LogP contribution in [-0.2, 0) is 11.3 Å². The van der Waals surface area contributed by atoms with Gasteiger partial charge in [-0.05, 0) is 43.1 Å². The highest BCUT2D eigenvalue weighted by Gasteiger charge is 2.28. The minimum atomic E-state index is -0.411. The van der Waals surface area contributed by atoms with Crippen LogP contribution in [0.2, 0.25) is 0 Å². The van der Waals surface area contributed by atoms with Crippen molar-refractivity contribution >= 4 is 11.9 Å². The number of aldehydes is 1. The van der Waals surface area contributed by atoms with Crippen LogP contribution in [0.1, 0.15) is 41.9 Å². The average molecular weight is 393 g/mol. The van der Waals surface area contributed by atoms with Gasteiger partial charge in [0.05, 0.1) is 26.4 Å². The van der Waals surface area contributed by atoms with Crippen LogP contribution in [0.5, 0.6) is 17.2 Å². The number of ether oxygens (including phenoxy) is 3.